The second-order valence-electron chi connectivity index (χ2n) is 6.17. The summed E-state index contributed by atoms with van der Waals surface area (Å²) in [7, 11) is 0. The highest BCUT2D eigenvalue weighted by Crippen LogP contribution is 2.31. The third kappa shape index (κ3) is 4.27. The van der Waals surface area contributed by atoms with Gasteiger partial charge in [0.05, 0.1) is 0 Å². The molecule has 20 heavy (non-hydrogen) atoms. The lowest BCUT2D eigenvalue weighted by molar-refractivity contribution is 0.230. The number of hydrogen-bond donors (Lipinski definition) is 1. The first-order chi connectivity index (χ1) is 9.58. The summed E-state index contributed by atoms with van der Waals surface area (Å²) in [5.74, 6) is 0.484. The Kier molecular flexibility index (Phi) is 5.53. The summed E-state index contributed by atoms with van der Waals surface area (Å²) in [6, 6.07) is 4.18. The molecule has 1 nitrogen and oxygen atoms in total. The maximum atomic E-state index is 13.3. The van der Waals surface area contributed by atoms with E-state index in [0.717, 1.165) is 24.1 Å². The second kappa shape index (κ2) is 7.16. The van der Waals surface area contributed by atoms with Crippen molar-refractivity contribution in [2.75, 3.05) is 6.54 Å². The molecule has 1 atom stereocenters. The SMILES string of the molecule is CCNC(Cc1cc(F)cc(F)c1)C1CCC(C)CC1. The van der Waals surface area contributed by atoms with Gasteiger partial charge < -0.3 is 5.32 Å². The lowest BCUT2D eigenvalue weighted by Gasteiger charge is -2.33. The van der Waals surface area contributed by atoms with E-state index < -0.39 is 11.6 Å². The van der Waals surface area contributed by atoms with Gasteiger partial charge in [0.25, 0.3) is 0 Å². The normalized spacial score (nSPS) is 24.6. The molecule has 0 saturated heterocycles. The number of benzene rings is 1. The molecule has 1 aromatic carbocycles. The van der Waals surface area contributed by atoms with Gasteiger partial charge >= 0.3 is 0 Å². The van der Waals surface area contributed by atoms with Gasteiger partial charge in [-0.15, -0.1) is 0 Å². The van der Waals surface area contributed by atoms with Gasteiger partial charge in [-0.05, 0) is 55.3 Å². The van der Waals surface area contributed by atoms with Crippen molar-refractivity contribution in [3.8, 4) is 0 Å². The molecule has 1 saturated carbocycles. The first-order valence-corrected chi connectivity index (χ1v) is 7.76. The molecule has 1 aromatic rings. The fourth-order valence-electron chi connectivity index (χ4n) is 3.34. The van der Waals surface area contributed by atoms with Crippen LogP contribution < -0.4 is 5.32 Å². The van der Waals surface area contributed by atoms with Crippen LogP contribution in [-0.2, 0) is 6.42 Å². The van der Waals surface area contributed by atoms with Gasteiger partial charge in [-0.1, -0.05) is 26.7 Å². The number of nitrogens with one attached hydrogen (secondary N) is 1. The van der Waals surface area contributed by atoms with Crippen LogP contribution in [0.25, 0.3) is 0 Å². The quantitative estimate of drug-likeness (QED) is 0.848. The largest absolute Gasteiger partial charge is 0.314 e. The van der Waals surface area contributed by atoms with Crippen LogP contribution in [0.1, 0.15) is 45.1 Å². The van der Waals surface area contributed by atoms with Crippen molar-refractivity contribution < 1.29 is 8.78 Å². The van der Waals surface area contributed by atoms with E-state index in [9.17, 15) is 8.78 Å². The van der Waals surface area contributed by atoms with Gasteiger partial charge in [0, 0.05) is 12.1 Å². The zero-order valence-electron chi connectivity index (χ0n) is 12.5. The average molecular weight is 281 g/mol. The third-order valence-electron chi connectivity index (χ3n) is 4.47. The van der Waals surface area contributed by atoms with E-state index in [-0.39, 0.29) is 0 Å². The zero-order valence-corrected chi connectivity index (χ0v) is 12.5. The summed E-state index contributed by atoms with van der Waals surface area (Å²) in [4.78, 5) is 0. The molecule has 0 amide bonds. The van der Waals surface area contributed by atoms with E-state index in [1.54, 1.807) is 0 Å². The van der Waals surface area contributed by atoms with Gasteiger partial charge in [0.1, 0.15) is 11.6 Å². The van der Waals surface area contributed by atoms with E-state index in [0.29, 0.717) is 18.4 Å². The number of hydrogen-bond acceptors (Lipinski definition) is 1. The monoisotopic (exact) mass is 281 g/mol. The van der Waals surface area contributed by atoms with Crippen LogP contribution in [0.15, 0.2) is 18.2 Å². The van der Waals surface area contributed by atoms with Crippen molar-refractivity contribution in [3.05, 3.63) is 35.4 Å². The third-order valence-corrected chi connectivity index (χ3v) is 4.47. The Bertz CT molecular complexity index is 405. The van der Waals surface area contributed by atoms with Crippen molar-refractivity contribution in [2.45, 2.75) is 52.0 Å². The summed E-state index contributed by atoms with van der Waals surface area (Å²) in [6.07, 6.45) is 5.68. The fourth-order valence-corrected chi connectivity index (χ4v) is 3.34. The summed E-state index contributed by atoms with van der Waals surface area (Å²) in [5, 5.41) is 3.51. The van der Waals surface area contributed by atoms with E-state index >= 15 is 0 Å². The molecular weight excluding hydrogens is 256 g/mol. The Morgan fingerprint density at radius 1 is 1.10 bits per heavy atom. The van der Waals surface area contributed by atoms with Gasteiger partial charge in [0.15, 0.2) is 0 Å². The Hall–Kier alpha value is -0.960. The molecule has 3 heteroatoms. The molecule has 1 aliphatic rings. The molecule has 112 valence electrons. The molecule has 0 bridgehead atoms. The van der Waals surface area contributed by atoms with Crippen LogP contribution in [-0.4, -0.2) is 12.6 Å². The van der Waals surface area contributed by atoms with E-state index in [2.05, 4.69) is 19.2 Å². The minimum absolute atomic E-state index is 0.327. The fraction of sp³-hybridized carbons (Fsp3) is 0.647. The van der Waals surface area contributed by atoms with Crippen LogP contribution in [0.4, 0.5) is 8.78 Å². The standard InChI is InChI=1S/C17H25F2N/c1-3-20-17(14-6-4-12(2)5-7-14)10-13-8-15(18)11-16(19)9-13/h8-9,11-12,14,17,20H,3-7,10H2,1-2H3. The molecule has 0 aromatic heterocycles. The second-order valence-corrected chi connectivity index (χ2v) is 6.17. The van der Waals surface area contributed by atoms with Crippen molar-refractivity contribution >= 4 is 0 Å². The van der Waals surface area contributed by atoms with Crippen molar-refractivity contribution in [1.82, 2.24) is 5.32 Å². The lowest BCUT2D eigenvalue weighted by atomic mass is 9.77. The highest BCUT2D eigenvalue weighted by Gasteiger charge is 2.25. The number of rotatable bonds is 5. The molecule has 2 rings (SSSR count). The Morgan fingerprint density at radius 3 is 2.25 bits per heavy atom. The molecule has 1 fully saturated rings. The van der Waals surface area contributed by atoms with Crippen LogP contribution in [0, 0.1) is 23.5 Å². The molecular formula is C17H25F2N. The highest BCUT2D eigenvalue weighted by atomic mass is 19.1. The Morgan fingerprint density at radius 2 is 1.70 bits per heavy atom. The van der Waals surface area contributed by atoms with E-state index in [1.807, 2.05) is 0 Å². The van der Waals surface area contributed by atoms with Crippen molar-refractivity contribution in [2.24, 2.45) is 11.8 Å². The van der Waals surface area contributed by atoms with Gasteiger partial charge in [-0.25, -0.2) is 8.78 Å². The van der Waals surface area contributed by atoms with Crippen LogP contribution in [0.5, 0.6) is 0 Å². The van der Waals surface area contributed by atoms with Gasteiger partial charge in [0.2, 0.25) is 0 Å². The van der Waals surface area contributed by atoms with E-state index in [4.69, 9.17) is 0 Å². The van der Waals surface area contributed by atoms with Crippen LogP contribution in [0.3, 0.4) is 0 Å². The van der Waals surface area contributed by atoms with Gasteiger partial charge in [-0.2, -0.15) is 0 Å². The van der Waals surface area contributed by atoms with Crippen LogP contribution >= 0.6 is 0 Å². The predicted octanol–water partition coefficient (Wildman–Crippen LogP) is 4.31. The molecule has 0 radical (unpaired) electrons. The molecule has 0 spiro atoms. The summed E-state index contributed by atoms with van der Waals surface area (Å²) in [6.45, 7) is 5.29. The number of halogens is 2. The highest BCUT2D eigenvalue weighted by molar-refractivity contribution is 5.19. The Balaban J connectivity index is 2.04. The minimum Gasteiger partial charge on any atom is -0.314 e. The maximum Gasteiger partial charge on any atom is 0.126 e. The number of likely N-dealkylation sites (N-methyl/N-ethyl adjacent to an activating group) is 1. The smallest absolute Gasteiger partial charge is 0.126 e. The average Bonchev–Trinajstić information content (AvgIpc) is 2.38. The van der Waals surface area contributed by atoms with Crippen molar-refractivity contribution in [3.63, 3.8) is 0 Å². The zero-order chi connectivity index (χ0) is 14.5. The summed E-state index contributed by atoms with van der Waals surface area (Å²) < 4.78 is 26.6. The lowest BCUT2D eigenvalue weighted by Crippen LogP contribution is -2.39. The summed E-state index contributed by atoms with van der Waals surface area (Å²) in [5.41, 5.74) is 0.757. The first kappa shape index (κ1) is 15.4. The molecule has 0 aliphatic heterocycles. The van der Waals surface area contributed by atoms with Crippen molar-refractivity contribution in [1.29, 1.82) is 0 Å². The maximum absolute atomic E-state index is 13.3. The van der Waals surface area contributed by atoms with E-state index in [1.165, 1.54) is 37.8 Å². The van der Waals surface area contributed by atoms with Gasteiger partial charge in [-0.3, -0.25) is 0 Å². The van der Waals surface area contributed by atoms with Crippen LogP contribution in [0.2, 0.25) is 0 Å². The first-order valence-electron chi connectivity index (χ1n) is 7.76. The molecule has 1 N–H and O–H groups in total. The molecule has 1 aliphatic carbocycles. The topological polar surface area (TPSA) is 12.0 Å². The Labute approximate surface area is 120 Å². The minimum atomic E-state index is -0.479. The molecule has 0 heterocycles. The predicted molar refractivity (Wildman–Crippen MR) is 78.6 cm³/mol. The molecule has 1 unspecified atom stereocenters. The summed E-state index contributed by atoms with van der Waals surface area (Å²) >= 11 is 0.